The summed E-state index contributed by atoms with van der Waals surface area (Å²) in [5.41, 5.74) is 6.60. The van der Waals surface area contributed by atoms with Crippen molar-refractivity contribution in [2.75, 3.05) is 5.32 Å². The monoisotopic (exact) mass is 242 g/mol. The zero-order valence-corrected chi connectivity index (χ0v) is 9.40. The number of hydrogen-bond acceptors (Lipinski definition) is 3. The normalized spacial score (nSPS) is 24.0. The number of anilines is 1. The molecule has 1 aliphatic carbocycles. The van der Waals surface area contributed by atoms with Gasteiger partial charge in [-0.3, -0.25) is 0 Å². The zero-order valence-electron chi connectivity index (χ0n) is 9.40. The van der Waals surface area contributed by atoms with Gasteiger partial charge in [-0.25, -0.2) is 0 Å². The van der Waals surface area contributed by atoms with Crippen LogP contribution in [0, 0.1) is 0 Å². The van der Waals surface area contributed by atoms with E-state index in [1.54, 1.807) is 12.1 Å². The lowest BCUT2D eigenvalue weighted by atomic mass is 10.2. The van der Waals surface area contributed by atoms with E-state index in [2.05, 4.69) is 10.1 Å². The zero-order chi connectivity index (χ0) is 12.3. The Morgan fingerprint density at radius 3 is 2.82 bits per heavy atom. The van der Waals surface area contributed by atoms with E-state index in [4.69, 9.17) is 5.73 Å². The summed E-state index contributed by atoms with van der Waals surface area (Å²) in [7, 11) is 0. The molecule has 17 heavy (non-hydrogen) atoms. The average molecular weight is 242 g/mol. The lowest BCUT2D eigenvalue weighted by Crippen LogP contribution is -2.20. The van der Waals surface area contributed by atoms with Crippen molar-refractivity contribution >= 4 is 5.69 Å². The largest absolute Gasteiger partial charge is 0.435 e. The van der Waals surface area contributed by atoms with E-state index in [9.17, 15) is 8.78 Å². The second-order valence-electron chi connectivity index (χ2n) is 4.32. The van der Waals surface area contributed by atoms with Gasteiger partial charge in [0, 0.05) is 23.8 Å². The topological polar surface area (TPSA) is 47.3 Å². The summed E-state index contributed by atoms with van der Waals surface area (Å²) in [6.07, 6.45) is 2.94. The van der Waals surface area contributed by atoms with Gasteiger partial charge >= 0.3 is 6.61 Å². The molecule has 3 nitrogen and oxygen atoms in total. The van der Waals surface area contributed by atoms with Gasteiger partial charge < -0.3 is 15.8 Å². The number of halogens is 2. The van der Waals surface area contributed by atoms with Crippen molar-refractivity contribution < 1.29 is 13.5 Å². The Hall–Kier alpha value is -1.36. The minimum absolute atomic E-state index is 0.173. The number of nitrogens with one attached hydrogen (secondary N) is 1. The van der Waals surface area contributed by atoms with E-state index in [0.717, 1.165) is 24.9 Å². The highest BCUT2D eigenvalue weighted by Crippen LogP contribution is 2.24. The summed E-state index contributed by atoms with van der Waals surface area (Å²) in [6, 6.07) is 7.19. The van der Waals surface area contributed by atoms with Crippen LogP contribution >= 0.6 is 0 Å². The first-order valence-corrected chi connectivity index (χ1v) is 5.70. The third-order valence-electron chi connectivity index (χ3n) is 2.90. The fraction of sp³-hybridized carbons (Fsp3) is 0.500. The Morgan fingerprint density at radius 1 is 1.35 bits per heavy atom. The molecule has 1 aromatic rings. The maximum Gasteiger partial charge on any atom is 0.387 e. The van der Waals surface area contributed by atoms with Crippen molar-refractivity contribution in [3.8, 4) is 5.75 Å². The number of nitrogens with two attached hydrogens (primary N) is 1. The van der Waals surface area contributed by atoms with Gasteiger partial charge in [-0.15, -0.1) is 0 Å². The highest BCUT2D eigenvalue weighted by atomic mass is 19.3. The molecule has 1 aromatic carbocycles. The van der Waals surface area contributed by atoms with E-state index in [1.807, 2.05) is 6.07 Å². The fourth-order valence-electron chi connectivity index (χ4n) is 2.15. The maximum absolute atomic E-state index is 12.0. The van der Waals surface area contributed by atoms with Crippen molar-refractivity contribution in [1.82, 2.24) is 0 Å². The first kappa shape index (κ1) is 12.1. The van der Waals surface area contributed by atoms with Gasteiger partial charge in [-0.05, 0) is 31.4 Å². The van der Waals surface area contributed by atoms with Crippen molar-refractivity contribution in [3.05, 3.63) is 24.3 Å². The average Bonchev–Trinajstić information content (AvgIpc) is 2.63. The minimum atomic E-state index is -2.79. The molecular formula is C12H16F2N2O. The highest BCUT2D eigenvalue weighted by Gasteiger charge is 2.21. The van der Waals surface area contributed by atoms with Crippen LogP contribution in [0.1, 0.15) is 19.3 Å². The molecular weight excluding hydrogens is 226 g/mol. The minimum Gasteiger partial charge on any atom is -0.435 e. The predicted molar refractivity (Wildman–Crippen MR) is 62.3 cm³/mol. The summed E-state index contributed by atoms with van der Waals surface area (Å²) in [5, 5.41) is 3.28. The number of alkyl halides is 2. The summed E-state index contributed by atoms with van der Waals surface area (Å²) < 4.78 is 28.4. The number of benzene rings is 1. The maximum atomic E-state index is 12.0. The summed E-state index contributed by atoms with van der Waals surface area (Å²) in [4.78, 5) is 0. The van der Waals surface area contributed by atoms with Gasteiger partial charge in [0.25, 0.3) is 0 Å². The van der Waals surface area contributed by atoms with Crippen LogP contribution in [0.2, 0.25) is 0 Å². The molecule has 0 aromatic heterocycles. The van der Waals surface area contributed by atoms with E-state index in [-0.39, 0.29) is 11.8 Å². The van der Waals surface area contributed by atoms with Gasteiger partial charge in [-0.2, -0.15) is 8.78 Å². The molecule has 5 heteroatoms. The van der Waals surface area contributed by atoms with E-state index < -0.39 is 6.61 Å². The van der Waals surface area contributed by atoms with Crippen LogP contribution in [0.4, 0.5) is 14.5 Å². The molecule has 2 unspecified atom stereocenters. The molecule has 0 saturated heterocycles. The Bertz CT molecular complexity index is 373. The molecule has 0 bridgehead atoms. The van der Waals surface area contributed by atoms with Gasteiger partial charge in [-0.1, -0.05) is 6.07 Å². The van der Waals surface area contributed by atoms with Crippen molar-refractivity contribution in [1.29, 1.82) is 0 Å². The fourth-order valence-corrected chi connectivity index (χ4v) is 2.15. The van der Waals surface area contributed by atoms with Crippen molar-refractivity contribution in [2.45, 2.75) is 38.0 Å². The number of rotatable bonds is 4. The van der Waals surface area contributed by atoms with Crippen LogP contribution in [-0.2, 0) is 0 Å². The molecule has 0 spiro atoms. The van der Waals surface area contributed by atoms with Gasteiger partial charge in [0.15, 0.2) is 0 Å². The lowest BCUT2D eigenvalue weighted by Gasteiger charge is -2.14. The molecule has 2 atom stereocenters. The Balaban J connectivity index is 1.96. The summed E-state index contributed by atoms with van der Waals surface area (Å²) in [5.74, 6) is 0.173. The SMILES string of the molecule is NC1CCC(Nc2cccc(OC(F)F)c2)C1. The second-order valence-corrected chi connectivity index (χ2v) is 4.32. The molecule has 1 fully saturated rings. The molecule has 1 aliphatic rings. The summed E-state index contributed by atoms with van der Waals surface area (Å²) >= 11 is 0. The van der Waals surface area contributed by atoms with E-state index in [1.165, 1.54) is 6.07 Å². The highest BCUT2D eigenvalue weighted by molar-refractivity contribution is 5.49. The van der Waals surface area contributed by atoms with Crippen LogP contribution in [0.5, 0.6) is 5.75 Å². The molecule has 0 aliphatic heterocycles. The lowest BCUT2D eigenvalue weighted by molar-refractivity contribution is -0.0498. The predicted octanol–water partition coefficient (Wildman–Crippen LogP) is 2.58. The third kappa shape index (κ3) is 3.56. The van der Waals surface area contributed by atoms with Gasteiger partial charge in [0.2, 0.25) is 0 Å². The first-order chi connectivity index (χ1) is 8.13. The molecule has 94 valence electrons. The third-order valence-corrected chi connectivity index (χ3v) is 2.90. The second kappa shape index (κ2) is 5.31. The van der Waals surface area contributed by atoms with Crippen molar-refractivity contribution in [2.24, 2.45) is 5.73 Å². The summed E-state index contributed by atoms with van der Waals surface area (Å²) in [6.45, 7) is -2.79. The van der Waals surface area contributed by atoms with Crippen LogP contribution in [0.25, 0.3) is 0 Å². The van der Waals surface area contributed by atoms with Gasteiger partial charge in [0.05, 0.1) is 0 Å². The van der Waals surface area contributed by atoms with Crippen molar-refractivity contribution in [3.63, 3.8) is 0 Å². The first-order valence-electron chi connectivity index (χ1n) is 5.70. The number of hydrogen-bond donors (Lipinski definition) is 2. The molecule has 0 radical (unpaired) electrons. The van der Waals surface area contributed by atoms with Crippen LogP contribution < -0.4 is 15.8 Å². The molecule has 0 heterocycles. The van der Waals surface area contributed by atoms with E-state index >= 15 is 0 Å². The molecule has 0 amide bonds. The van der Waals surface area contributed by atoms with Gasteiger partial charge in [0.1, 0.15) is 5.75 Å². The smallest absolute Gasteiger partial charge is 0.387 e. The standard InChI is InChI=1S/C12H16F2N2O/c13-12(14)17-11-3-1-2-9(7-11)16-10-5-4-8(15)6-10/h1-3,7-8,10,12,16H,4-6,15H2. The van der Waals surface area contributed by atoms with Crippen LogP contribution in [0.15, 0.2) is 24.3 Å². The van der Waals surface area contributed by atoms with Crippen LogP contribution in [-0.4, -0.2) is 18.7 Å². The Morgan fingerprint density at radius 2 is 2.18 bits per heavy atom. The molecule has 1 saturated carbocycles. The number of ether oxygens (including phenoxy) is 1. The Labute approximate surface area is 98.9 Å². The van der Waals surface area contributed by atoms with E-state index in [0.29, 0.717) is 6.04 Å². The molecule has 2 rings (SSSR count). The quantitative estimate of drug-likeness (QED) is 0.853. The van der Waals surface area contributed by atoms with Crippen LogP contribution in [0.3, 0.4) is 0 Å². The Kier molecular flexibility index (Phi) is 3.78. The molecule has 3 N–H and O–H groups in total.